The van der Waals surface area contributed by atoms with E-state index in [1.165, 1.54) is 5.56 Å². The fraction of sp³-hybridized carbons (Fsp3) is 0.600. The van der Waals surface area contributed by atoms with Crippen molar-refractivity contribution in [2.75, 3.05) is 13.6 Å². The van der Waals surface area contributed by atoms with Crippen LogP contribution >= 0.6 is 15.9 Å². The van der Waals surface area contributed by atoms with Crippen molar-refractivity contribution in [1.82, 2.24) is 4.90 Å². The third-order valence-electron chi connectivity index (χ3n) is 4.04. The molecule has 0 aliphatic carbocycles. The molecular formula is C15H25BrN2. The lowest BCUT2D eigenvalue weighted by molar-refractivity contribution is 0.0980. The predicted molar refractivity (Wildman–Crippen MR) is 82.8 cm³/mol. The van der Waals surface area contributed by atoms with E-state index in [1.54, 1.807) is 0 Å². The van der Waals surface area contributed by atoms with E-state index in [0.717, 1.165) is 17.3 Å². The summed E-state index contributed by atoms with van der Waals surface area (Å²) in [6, 6.07) is 9.07. The molecule has 0 radical (unpaired) electrons. The van der Waals surface area contributed by atoms with Gasteiger partial charge in [0.15, 0.2) is 0 Å². The van der Waals surface area contributed by atoms with Crippen LogP contribution in [0.25, 0.3) is 0 Å². The zero-order valence-electron chi connectivity index (χ0n) is 11.9. The number of benzene rings is 1. The Bertz CT molecular complexity index is 363. The molecule has 1 aromatic carbocycles. The van der Waals surface area contributed by atoms with E-state index in [0.29, 0.717) is 12.6 Å². The maximum Gasteiger partial charge on any atom is 0.0343 e. The van der Waals surface area contributed by atoms with Crippen LogP contribution in [0.2, 0.25) is 0 Å². The molecule has 0 amide bonds. The highest BCUT2D eigenvalue weighted by Crippen LogP contribution is 2.23. The number of nitrogens with zero attached hydrogens (tertiary/aromatic N) is 1. The van der Waals surface area contributed by atoms with Crippen molar-refractivity contribution in [2.45, 2.75) is 45.2 Å². The molecule has 0 saturated heterocycles. The second-order valence-electron chi connectivity index (χ2n) is 5.37. The Balaban J connectivity index is 2.85. The van der Waals surface area contributed by atoms with E-state index in [4.69, 9.17) is 5.73 Å². The van der Waals surface area contributed by atoms with E-state index >= 15 is 0 Å². The molecule has 0 spiro atoms. The van der Waals surface area contributed by atoms with Gasteiger partial charge in [-0.2, -0.15) is 0 Å². The van der Waals surface area contributed by atoms with Gasteiger partial charge in [-0.15, -0.1) is 0 Å². The van der Waals surface area contributed by atoms with Gasteiger partial charge in [0.2, 0.25) is 0 Å². The summed E-state index contributed by atoms with van der Waals surface area (Å²) < 4.78 is 1.12. The summed E-state index contributed by atoms with van der Waals surface area (Å²) in [4.78, 5) is 2.41. The molecule has 2 N–H and O–H groups in total. The van der Waals surface area contributed by atoms with Crippen LogP contribution in [0.15, 0.2) is 28.7 Å². The summed E-state index contributed by atoms with van der Waals surface area (Å²) in [5.41, 5.74) is 7.38. The Morgan fingerprint density at radius 2 is 1.89 bits per heavy atom. The lowest BCUT2D eigenvalue weighted by atomic mass is 9.90. The average Bonchev–Trinajstić information content (AvgIpc) is 2.39. The van der Waals surface area contributed by atoms with Crippen molar-refractivity contribution in [1.29, 1.82) is 0 Å². The second-order valence-corrected chi connectivity index (χ2v) is 6.29. The van der Waals surface area contributed by atoms with Gasteiger partial charge in [0.25, 0.3) is 0 Å². The highest BCUT2D eigenvalue weighted by atomic mass is 79.9. The smallest absolute Gasteiger partial charge is 0.0343 e. The number of likely N-dealkylation sites (N-methyl/N-ethyl adjacent to an activating group) is 1. The minimum Gasteiger partial charge on any atom is -0.329 e. The fourth-order valence-corrected chi connectivity index (χ4v) is 2.45. The summed E-state index contributed by atoms with van der Waals surface area (Å²) in [6.45, 7) is 7.40. The molecule has 0 fully saturated rings. The van der Waals surface area contributed by atoms with Gasteiger partial charge >= 0.3 is 0 Å². The molecule has 1 aromatic rings. The zero-order chi connectivity index (χ0) is 13.8. The second kappa shape index (κ2) is 6.69. The molecule has 2 unspecified atom stereocenters. The molecule has 18 heavy (non-hydrogen) atoms. The zero-order valence-corrected chi connectivity index (χ0v) is 13.5. The maximum atomic E-state index is 6.03. The number of hydrogen-bond acceptors (Lipinski definition) is 2. The molecule has 1 rings (SSSR count). The summed E-state index contributed by atoms with van der Waals surface area (Å²) in [5, 5.41) is 0. The van der Waals surface area contributed by atoms with Crippen molar-refractivity contribution in [3.8, 4) is 0 Å². The molecule has 0 aliphatic heterocycles. The molecule has 102 valence electrons. The van der Waals surface area contributed by atoms with Crippen molar-refractivity contribution in [3.63, 3.8) is 0 Å². The van der Waals surface area contributed by atoms with Gasteiger partial charge in [0, 0.05) is 22.6 Å². The number of nitrogens with two attached hydrogens (primary N) is 1. The Kier molecular flexibility index (Phi) is 5.83. The minimum atomic E-state index is 0.0171. The molecule has 0 aromatic heterocycles. The van der Waals surface area contributed by atoms with Crippen LogP contribution in [0.5, 0.6) is 0 Å². The van der Waals surface area contributed by atoms with Crippen LogP contribution in [0, 0.1) is 0 Å². The summed E-state index contributed by atoms with van der Waals surface area (Å²) in [7, 11) is 2.18. The van der Waals surface area contributed by atoms with Crippen LogP contribution in [0.4, 0.5) is 0 Å². The van der Waals surface area contributed by atoms with E-state index in [9.17, 15) is 0 Å². The predicted octanol–water partition coefficient (Wildman–Crippen LogP) is 3.44. The van der Waals surface area contributed by atoms with Crippen molar-refractivity contribution >= 4 is 15.9 Å². The van der Waals surface area contributed by atoms with E-state index in [2.05, 4.69) is 72.9 Å². The first kappa shape index (κ1) is 15.7. The first-order chi connectivity index (χ1) is 8.42. The lowest BCUT2D eigenvalue weighted by Crippen LogP contribution is -2.54. The third-order valence-corrected chi connectivity index (χ3v) is 4.57. The molecule has 0 heterocycles. The Labute approximate surface area is 120 Å². The first-order valence-corrected chi connectivity index (χ1v) is 7.39. The normalized spacial score (nSPS) is 16.6. The monoisotopic (exact) mass is 312 g/mol. The van der Waals surface area contributed by atoms with Crippen LogP contribution in [0.3, 0.4) is 0 Å². The van der Waals surface area contributed by atoms with Gasteiger partial charge in [-0.05, 0) is 51.4 Å². The summed E-state index contributed by atoms with van der Waals surface area (Å²) >= 11 is 3.47. The van der Waals surface area contributed by atoms with E-state index < -0.39 is 0 Å². The standard InChI is InChI=1S/C15H25BrN2/c1-5-12(2)18(4)15(3,11-17)10-13-6-8-14(16)9-7-13/h6-9,12H,5,10-11,17H2,1-4H3. The van der Waals surface area contributed by atoms with Gasteiger partial charge in [0.1, 0.15) is 0 Å². The number of hydrogen-bond donors (Lipinski definition) is 1. The highest BCUT2D eigenvalue weighted by Gasteiger charge is 2.30. The number of halogens is 1. The first-order valence-electron chi connectivity index (χ1n) is 6.60. The largest absolute Gasteiger partial charge is 0.329 e. The SMILES string of the molecule is CCC(C)N(C)C(C)(CN)Cc1ccc(Br)cc1. The van der Waals surface area contributed by atoms with Gasteiger partial charge < -0.3 is 5.73 Å². The topological polar surface area (TPSA) is 29.3 Å². The van der Waals surface area contributed by atoms with Crippen molar-refractivity contribution in [3.05, 3.63) is 34.3 Å². The summed E-state index contributed by atoms with van der Waals surface area (Å²) in [5.74, 6) is 0. The third kappa shape index (κ3) is 3.81. The minimum absolute atomic E-state index is 0.0171. The molecule has 3 heteroatoms. The van der Waals surface area contributed by atoms with E-state index in [1.807, 2.05) is 0 Å². The van der Waals surface area contributed by atoms with Gasteiger partial charge in [0.05, 0.1) is 0 Å². The van der Waals surface area contributed by atoms with Crippen molar-refractivity contribution in [2.24, 2.45) is 5.73 Å². The maximum absolute atomic E-state index is 6.03. The quantitative estimate of drug-likeness (QED) is 0.872. The van der Waals surface area contributed by atoms with Crippen LogP contribution in [-0.4, -0.2) is 30.1 Å². The van der Waals surface area contributed by atoms with Gasteiger partial charge in [-0.25, -0.2) is 0 Å². The molecule has 2 nitrogen and oxygen atoms in total. The Morgan fingerprint density at radius 3 is 2.33 bits per heavy atom. The van der Waals surface area contributed by atoms with Crippen molar-refractivity contribution < 1.29 is 0 Å². The lowest BCUT2D eigenvalue weighted by Gasteiger charge is -2.42. The molecule has 0 saturated carbocycles. The van der Waals surface area contributed by atoms with Crippen LogP contribution in [0.1, 0.15) is 32.8 Å². The Hall–Kier alpha value is -0.380. The van der Waals surface area contributed by atoms with E-state index in [-0.39, 0.29) is 5.54 Å². The van der Waals surface area contributed by atoms with Crippen LogP contribution < -0.4 is 5.73 Å². The van der Waals surface area contributed by atoms with Gasteiger partial charge in [-0.3, -0.25) is 4.90 Å². The number of rotatable bonds is 6. The van der Waals surface area contributed by atoms with Gasteiger partial charge in [-0.1, -0.05) is 35.0 Å². The molecule has 0 aliphatic rings. The highest BCUT2D eigenvalue weighted by molar-refractivity contribution is 9.10. The van der Waals surface area contributed by atoms with Crippen LogP contribution in [-0.2, 0) is 6.42 Å². The molecule has 2 atom stereocenters. The average molecular weight is 313 g/mol. The summed E-state index contributed by atoms with van der Waals surface area (Å²) in [6.07, 6.45) is 2.13. The fourth-order valence-electron chi connectivity index (χ4n) is 2.19. The molecule has 0 bridgehead atoms. The molecular weight excluding hydrogens is 288 g/mol. The Morgan fingerprint density at radius 1 is 1.33 bits per heavy atom.